The fourth-order valence-corrected chi connectivity index (χ4v) is 1.88. The van der Waals surface area contributed by atoms with Gasteiger partial charge in [0.05, 0.1) is 6.54 Å². The van der Waals surface area contributed by atoms with E-state index in [0.29, 0.717) is 24.7 Å². The standard InChI is InChI=1S/C15H19N3O2/c1-16-10-14-18-13(11-20-14)15(19)17-9-5-8-12-6-3-2-4-7-12/h2-4,6-7,11,16H,5,8-10H2,1H3,(H,17,19). The molecule has 0 aliphatic carbocycles. The van der Waals surface area contributed by atoms with Gasteiger partial charge in [-0.15, -0.1) is 0 Å². The van der Waals surface area contributed by atoms with Gasteiger partial charge < -0.3 is 15.1 Å². The second-order valence-corrected chi connectivity index (χ2v) is 4.50. The predicted molar refractivity (Wildman–Crippen MR) is 76.4 cm³/mol. The van der Waals surface area contributed by atoms with Gasteiger partial charge in [0.25, 0.3) is 5.91 Å². The Balaban J connectivity index is 1.72. The Morgan fingerprint density at radius 2 is 2.10 bits per heavy atom. The highest BCUT2D eigenvalue weighted by Gasteiger charge is 2.10. The molecule has 0 saturated carbocycles. The molecule has 0 saturated heterocycles. The lowest BCUT2D eigenvalue weighted by Crippen LogP contribution is -2.25. The molecule has 0 fully saturated rings. The molecule has 0 bridgehead atoms. The molecule has 0 spiro atoms. The number of carbonyl (C=O) groups excluding carboxylic acids is 1. The maximum absolute atomic E-state index is 11.8. The molecule has 2 N–H and O–H groups in total. The number of nitrogens with one attached hydrogen (secondary N) is 2. The van der Waals surface area contributed by atoms with Crippen LogP contribution in [0.25, 0.3) is 0 Å². The van der Waals surface area contributed by atoms with Gasteiger partial charge in [0, 0.05) is 6.54 Å². The van der Waals surface area contributed by atoms with E-state index >= 15 is 0 Å². The fraction of sp³-hybridized carbons (Fsp3) is 0.333. The Labute approximate surface area is 118 Å². The van der Waals surface area contributed by atoms with Crippen LogP contribution in [0.15, 0.2) is 41.0 Å². The van der Waals surface area contributed by atoms with Crippen molar-refractivity contribution in [1.82, 2.24) is 15.6 Å². The smallest absolute Gasteiger partial charge is 0.273 e. The first-order valence-corrected chi connectivity index (χ1v) is 6.70. The van der Waals surface area contributed by atoms with Crippen LogP contribution in [-0.2, 0) is 13.0 Å². The van der Waals surface area contributed by atoms with Crippen molar-refractivity contribution in [3.05, 3.63) is 53.7 Å². The maximum Gasteiger partial charge on any atom is 0.273 e. The Morgan fingerprint density at radius 3 is 2.85 bits per heavy atom. The summed E-state index contributed by atoms with van der Waals surface area (Å²) < 4.78 is 5.17. The lowest BCUT2D eigenvalue weighted by atomic mass is 10.1. The minimum absolute atomic E-state index is 0.191. The third-order valence-corrected chi connectivity index (χ3v) is 2.88. The van der Waals surface area contributed by atoms with Gasteiger partial charge >= 0.3 is 0 Å². The van der Waals surface area contributed by atoms with E-state index in [1.54, 1.807) is 7.05 Å². The van der Waals surface area contributed by atoms with Crippen LogP contribution in [0.4, 0.5) is 0 Å². The third kappa shape index (κ3) is 4.20. The summed E-state index contributed by atoms with van der Waals surface area (Å²) in [5.74, 6) is 0.325. The van der Waals surface area contributed by atoms with Gasteiger partial charge in [-0.2, -0.15) is 0 Å². The van der Waals surface area contributed by atoms with E-state index in [2.05, 4.69) is 27.8 Å². The minimum atomic E-state index is -0.191. The van der Waals surface area contributed by atoms with Gasteiger partial charge in [0.1, 0.15) is 6.26 Å². The van der Waals surface area contributed by atoms with Crippen molar-refractivity contribution in [2.45, 2.75) is 19.4 Å². The van der Waals surface area contributed by atoms with Crippen LogP contribution in [0.1, 0.15) is 28.4 Å². The van der Waals surface area contributed by atoms with E-state index in [1.165, 1.54) is 11.8 Å². The molecule has 0 radical (unpaired) electrons. The normalized spacial score (nSPS) is 10.4. The highest BCUT2D eigenvalue weighted by molar-refractivity contribution is 5.91. The number of aryl methyl sites for hydroxylation is 1. The molecule has 106 valence electrons. The molecular formula is C15H19N3O2. The number of benzene rings is 1. The summed E-state index contributed by atoms with van der Waals surface area (Å²) in [5, 5.41) is 5.76. The minimum Gasteiger partial charge on any atom is -0.447 e. The number of carbonyl (C=O) groups is 1. The molecule has 1 heterocycles. The molecule has 0 unspecified atom stereocenters. The number of amides is 1. The number of oxazole rings is 1. The number of hydrogen-bond donors (Lipinski definition) is 2. The first-order chi connectivity index (χ1) is 9.79. The van der Waals surface area contributed by atoms with E-state index < -0.39 is 0 Å². The maximum atomic E-state index is 11.8. The van der Waals surface area contributed by atoms with Crippen LogP contribution in [0.3, 0.4) is 0 Å². The molecule has 0 aliphatic heterocycles. The summed E-state index contributed by atoms with van der Waals surface area (Å²) in [6.07, 6.45) is 3.24. The van der Waals surface area contributed by atoms with Crippen molar-refractivity contribution in [1.29, 1.82) is 0 Å². The largest absolute Gasteiger partial charge is 0.447 e. The Morgan fingerprint density at radius 1 is 1.30 bits per heavy atom. The van der Waals surface area contributed by atoms with Crippen LogP contribution >= 0.6 is 0 Å². The Hall–Kier alpha value is -2.14. The van der Waals surface area contributed by atoms with Crippen molar-refractivity contribution in [2.75, 3.05) is 13.6 Å². The van der Waals surface area contributed by atoms with Crippen LogP contribution in [0.5, 0.6) is 0 Å². The quantitative estimate of drug-likeness (QED) is 0.754. The zero-order chi connectivity index (χ0) is 14.2. The lowest BCUT2D eigenvalue weighted by molar-refractivity contribution is 0.0948. The zero-order valence-electron chi connectivity index (χ0n) is 11.6. The van der Waals surface area contributed by atoms with E-state index in [-0.39, 0.29) is 5.91 Å². The molecular weight excluding hydrogens is 254 g/mol. The second kappa shape index (κ2) is 7.45. The molecule has 2 rings (SSSR count). The highest BCUT2D eigenvalue weighted by atomic mass is 16.3. The van der Waals surface area contributed by atoms with Crippen LogP contribution < -0.4 is 10.6 Å². The second-order valence-electron chi connectivity index (χ2n) is 4.50. The summed E-state index contributed by atoms with van der Waals surface area (Å²) in [6, 6.07) is 10.2. The fourth-order valence-electron chi connectivity index (χ4n) is 1.88. The van der Waals surface area contributed by atoms with Crippen molar-refractivity contribution < 1.29 is 9.21 Å². The van der Waals surface area contributed by atoms with Gasteiger partial charge in [-0.25, -0.2) is 4.98 Å². The van der Waals surface area contributed by atoms with Crippen molar-refractivity contribution in [2.24, 2.45) is 0 Å². The molecule has 1 amide bonds. The van der Waals surface area contributed by atoms with Gasteiger partial charge in [-0.3, -0.25) is 4.79 Å². The van der Waals surface area contributed by atoms with Crippen molar-refractivity contribution in [3.63, 3.8) is 0 Å². The van der Waals surface area contributed by atoms with Crippen LogP contribution in [0, 0.1) is 0 Å². The predicted octanol–water partition coefficient (Wildman–Crippen LogP) is 1.76. The van der Waals surface area contributed by atoms with Crippen molar-refractivity contribution in [3.8, 4) is 0 Å². The number of hydrogen-bond acceptors (Lipinski definition) is 4. The zero-order valence-corrected chi connectivity index (χ0v) is 11.6. The van der Waals surface area contributed by atoms with Gasteiger partial charge in [0.2, 0.25) is 5.89 Å². The van der Waals surface area contributed by atoms with Gasteiger partial charge in [-0.05, 0) is 25.5 Å². The topological polar surface area (TPSA) is 67.2 Å². The molecule has 5 heteroatoms. The molecule has 0 aliphatic rings. The van der Waals surface area contributed by atoms with Crippen LogP contribution in [0.2, 0.25) is 0 Å². The Bertz CT molecular complexity index is 537. The van der Waals surface area contributed by atoms with E-state index in [9.17, 15) is 4.79 Å². The SMILES string of the molecule is CNCc1nc(C(=O)NCCCc2ccccc2)co1. The molecule has 2 aromatic rings. The first-order valence-electron chi connectivity index (χ1n) is 6.70. The summed E-state index contributed by atoms with van der Waals surface area (Å²) in [5.41, 5.74) is 1.61. The first kappa shape index (κ1) is 14.3. The average Bonchev–Trinajstić information content (AvgIpc) is 2.94. The van der Waals surface area contributed by atoms with Gasteiger partial charge in [-0.1, -0.05) is 30.3 Å². The molecule has 0 atom stereocenters. The molecule has 1 aromatic carbocycles. The van der Waals surface area contributed by atoms with E-state index in [1.807, 2.05) is 18.2 Å². The monoisotopic (exact) mass is 273 g/mol. The summed E-state index contributed by atoms with van der Waals surface area (Å²) >= 11 is 0. The van der Waals surface area contributed by atoms with Crippen LogP contribution in [-0.4, -0.2) is 24.5 Å². The van der Waals surface area contributed by atoms with E-state index in [0.717, 1.165) is 12.8 Å². The van der Waals surface area contributed by atoms with E-state index in [4.69, 9.17) is 4.42 Å². The van der Waals surface area contributed by atoms with Crippen molar-refractivity contribution >= 4 is 5.91 Å². The molecule has 1 aromatic heterocycles. The number of rotatable bonds is 7. The summed E-state index contributed by atoms with van der Waals surface area (Å²) in [4.78, 5) is 15.9. The Kier molecular flexibility index (Phi) is 5.32. The number of nitrogens with zero attached hydrogens (tertiary/aromatic N) is 1. The van der Waals surface area contributed by atoms with Gasteiger partial charge in [0.15, 0.2) is 5.69 Å². The summed E-state index contributed by atoms with van der Waals surface area (Å²) in [7, 11) is 1.80. The lowest BCUT2D eigenvalue weighted by Gasteiger charge is -2.03. The average molecular weight is 273 g/mol. The summed E-state index contributed by atoms with van der Waals surface area (Å²) in [6.45, 7) is 1.14. The molecule has 20 heavy (non-hydrogen) atoms. The third-order valence-electron chi connectivity index (χ3n) is 2.88. The molecule has 5 nitrogen and oxygen atoms in total. The number of aromatic nitrogens is 1. The highest BCUT2D eigenvalue weighted by Crippen LogP contribution is 2.03.